The van der Waals surface area contributed by atoms with Crippen molar-refractivity contribution < 1.29 is 13.2 Å². The Hall–Kier alpha value is -3.17. The van der Waals surface area contributed by atoms with Crippen LogP contribution >= 0.6 is 0 Å². The molecule has 0 saturated carbocycles. The standard InChI is InChI=1S/C14H11F3N6O/c1-8-6-11(19-9-2-4-18-5-3-9)23(22-8)13-20-10(14(15,16)17)7-12(24)21-13/h2-7H,1H3,(H,18,19)(H,20,21,24). The van der Waals surface area contributed by atoms with Gasteiger partial charge in [0.1, 0.15) is 5.82 Å². The highest BCUT2D eigenvalue weighted by atomic mass is 19.4. The first kappa shape index (κ1) is 15.7. The first-order chi connectivity index (χ1) is 11.3. The van der Waals surface area contributed by atoms with Gasteiger partial charge >= 0.3 is 6.18 Å². The maximum Gasteiger partial charge on any atom is 0.433 e. The van der Waals surface area contributed by atoms with E-state index in [9.17, 15) is 18.0 Å². The van der Waals surface area contributed by atoms with Crippen molar-refractivity contribution in [3.8, 4) is 5.95 Å². The van der Waals surface area contributed by atoms with Crippen molar-refractivity contribution in [2.24, 2.45) is 0 Å². The zero-order valence-corrected chi connectivity index (χ0v) is 12.3. The quantitative estimate of drug-likeness (QED) is 0.767. The molecule has 0 fully saturated rings. The van der Waals surface area contributed by atoms with Crippen LogP contribution in [0.1, 0.15) is 11.4 Å². The van der Waals surface area contributed by atoms with E-state index in [4.69, 9.17) is 0 Å². The highest BCUT2D eigenvalue weighted by Crippen LogP contribution is 2.27. The van der Waals surface area contributed by atoms with Crippen LogP contribution in [-0.2, 0) is 6.18 Å². The normalized spacial score (nSPS) is 11.5. The number of nitrogens with zero attached hydrogens (tertiary/aromatic N) is 4. The lowest BCUT2D eigenvalue weighted by atomic mass is 10.4. The van der Waals surface area contributed by atoms with Crippen molar-refractivity contribution in [3.63, 3.8) is 0 Å². The maximum absolute atomic E-state index is 12.8. The lowest BCUT2D eigenvalue weighted by molar-refractivity contribution is -0.141. The second-order valence-electron chi connectivity index (χ2n) is 4.90. The maximum atomic E-state index is 12.8. The van der Waals surface area contributed by atoms with Gasteiger partial charge in [0, 0.05) is 30.2 Å². The lowest BCUT2D eigenvalue weighted by Crippen LogP contribution is -2.20. The summed E-state index contributed by atoms with van der Waals surface area (Å²) < 4.78 is 39.6. The fraction of sp³-hybridized carbons (Fsp3) is 0.143. The third-order valence-electron chi connectivity index (χ3n) is 3.00. The van der Waals surface area contributed by atoms with Gasteiger partial charge in [0.15, 0.2) is 5.69 Å². The van der Waals surface area contributed by atoms with E-state index in [1.165, 1.54) is 0 Å². The monoisotopic (exact) mass is 336 g/mol. The van der Waals surface area contributed by atoms with Crippen LogP contribution in [0.25, 0.3) is 5.95 Å². The van der Waals surface area contributed by atoms with Crippen molar-refractivity contribution in [2.45, 2.75) is 13.1 Å². The van der Waals surface area contributed by atoms with E-state index in [0.717, 1.165) is 4.68 Å². The molecule has 0 aliphatic rings. The number of aryl methyl sites for hydroxylation is 1. The van der Waals surface area contributed by atoms with Crippen molar-refractivity contribution in [2.75, 3.05) is 5.32 Å². The molecule has 0 unspecified atom stereocenters. The molecule has 0 bridgehead atoms. The highest BCUT2D eigenvalue weighted by Gasteiger charge is 2.33. The summed E-state index contributed by atoms with van der Waals surface area (Å²) in [7, 11) is 0. The Bertz CT molecular complexity index is 916. The van der Waals surface area contributed by atoms with Gasteiger partial charge in [-0.3, -0.25) is 14.8 Å². The summed E-state index contributed by atoms with van der Waals surface area (Å²) in [6, 6.07) is 5.36. The summed E-state index contributed by atoms with van der Waals surface area (Å²) >= 11 is 0. The summed E-state index contributed by atoms with van der Waals surface area (Å²) in [5.74, 6) is 0.0145. The number of halogens is 3. The minimum atomic E-state index is -4.73. The summed E-state index contributed by atoms with van der Waals surface area (Å²) in [6.45, 7) is 1.67. The molecule has 0 spiro atoms. The molecule has 7 nitrogen and oxygen atoms in total. The molecule has 3 rings (SSSR count). The van der Waals surface area contributed by atoms with Gasteiger partial charge in [0.2, 0.25) is 5.95 Å². The van der Waals surface area contributed by atoms with Gasteiger partial charge in [-0.05, 0) is 19.1 Å². The topological polar surface area (TPSA) is 88.5 Å². The number of H-pyrrole nitrogens is 1. The molecule has 0 aromatic carbocycles. The van der Waals surface area contributed by atoms with E-state index in [2.05, 4.69) is 25.4 Å². The number of rotatable bonds is 3. The highest BCUT2D eigenvalue weighted by molar-refractivity contribution is 5.57. The molecular weight excluding hydrogens is 325 g/mol. The number of alkyl halides is 3. The Balaban J connectivity index is 2.07. The van der Waals surface area contributed by atoms with Gasteiger partial charge in [-0.1, -0.05) is 0 Å². The third-order valence-corrected chi connectivity index (χ3v) is 3.00. The molecule has 0 aliphatic heterocycles. The van der Waals surface area contributed by atoms with Crippen LogP contribution in [0, 0.1) is 6.92 Å². The lowest BCUT2D eigenvalue weighted by Gasteiger charge is -2.10. The van der Waals surface area contributed by atoms with Crippen LogP contribution in [-0.4, -0.2) is 24.7 Å². The molecule has 3 aromatic heterocycles. The van der Waals surface area contributed by atoms with Gasteiger partial charge in [-0.2, -0.15) is 23.0 Å². The van der Waals surface area contributed by atoms with Crippen molar-refractivity contribution in [1.82, 2.24) is 24.7 Å². The van der Waals surface area contributed by atoms with Crippen molar-refractivity contribution in [1.29, 1.82) is 0 Å². The molecule has 2 N–H and O–H groups in total. The first-order valence-electron chi connectivity index (χ1n) is 6.75. The number of aromatic nitrogens is 5. The molecule has 3 aromatic rings. The SMILES string of the molecule is Cc1cc(Nc2ccncc2)n(-c2nc(C(F)(F)F)cc(=O)[nH]2)n1. The second kappa shape index (κ2) is 5.80. The fourth-order valence-corrected chi connectivity index (χ4v) is 2.02. The summed E-state index contributed by atoms with van der Waals surface area (Å²) in [5, 5.41) is 7.07. The molecule has 0 radical (unpaired) electrons. The minimum absolute atomic E-state index is 0.334. The number of pyridine rings is 1. The number of hydrogen-bond acceptors (Lipinski definition) is 5. The Morgan fingerprint density at radius 1 is 1.21 bits per heavy atom. The molecule has 124 valence electrons. The number of nitrogens with one attached hydrogen (secondary N) is 2. The van der Waals surface area contributed by atoms with Crippen LogP contribution in [0.15, 0.2) is 41.5 Å². The fourth-order valence-electron chi connectivity index (χ4n) is 2.02. The average molecular weight is 336 g/mol. The zero-order chi connectivity index (χ0) is 17.3. The Kier molecular flexibility index (Phi) is 3.80. The molecule has 10 heteroatoms. The van der Waals surface area contributed by atoms with Crippen LogP contribution in [0.2, 0.25) is 0 Å². The largest absolute Gasteiger partial charge is 0.433 e. The van der Waals surface area contributed by atoms with Gasteiger partial charge in [0.05, 0.1) is 5.69 Å². The van der Waals surface area contributed by atoms with Crippen LogP contribution in [0.3, 0.4) is 0 Å². The van der Waals surface area contributed by atoms with E-state index in [-0.39, 0.29) is 5.95 Å². The summed E-state index contributed by atoms with van der Waals surface area (Å²) in [6.07, 6.45) is -1.62. The second-order valence-corrected chi connectivity index (χ2v) is 4.90. The number of anilines is 2. The van der Waals surface area contributed by atoms with Gasteiger partial charge in [0.25, 0.3) is 5.56 Å². The molecule has 24 heavy (non-hydrogen) atoms. The van der Waals surface area contributed by atoms with E-state index in [0.29, 0.717) is 23.3 Å². The van der Waals surface area contributed by atoms with E-state index in [1.807, 2.05) is 0 Å². The average Bonchev–Trinajstić information content (AvgIpc) is 2.87. The van der Waals surface area contributed by atoms with Crippen LogP contribution in [0.4, 0.5) is 24.7 Å². The molecule has 0 aliphatic carbocycles. The van der Waals surface area contributed by atoms with Gasteiger partial charge in [-0.25, -0.2) is 4.98 Å². The van der Waals surface area contributed by atoms with Crippen molar-refractivity contribution >= 4 is 11.5 Å². The minimum Gasteiger partial charge on any atom is -0.340 e. The van der Waals surface area contributed by atoms with E-state index in [1.54, 1.807) is 37.5 Å². The molecule has 3 heterocycles. The van der Waals surface area contributed by atoms with Crippen LogP contribution < -0.4 is 10.9 Å². The molecular formula is C14H11F3N6O. The number of hydrogen-bond donors (Lipinski definition) is 2. The van der Waals surface area contributed by atoms with E-state index < -0.39 is 17.4 Å². The molecule has 0 saturated heterocycles. The Morgan fingerprint density at radius 3 is 2.58 bits per heavy atom. The smallest absolute Gasteiger partial charge is 0.340 e. The first-order valence-corrected chi connectivity index (χ1v) is 6.75. The number of aromatic amines is 1. The Morgan fingerprint density at radius 2 is 1.92 bits per heavy atom. The van der Waals surface area contributed by atoms with Crippen molar-refractivity contribution in [3.05, 3.63) is 58.4 Å². The molecule has 0 amide bonds. The predicted octanol–water partition coefficient (Wildman–Crippen LogP) is 2.42. The summed E-state index contributed by atoms with van der Waals surface area (Å²) in [4.78, 5) is 21.1. The van der Waals surface area contributed by atoms with Gasteiger partial charge in [-0.15, -0.1) is 0 Å². The van der Waals surface area contributed by atoms with Crippen LogP contribution in [0.5, 0.6) is 0 Å². The van der Waals surface area contributed by atoms with E-state index >= 15 is 0 Å². The molecule has 0 atom stereocenters. The Labute approximate surface area is 133 Å². The summed E-state index contributed by atoms with van der Waals surface area (Å²) in [5.41, 5.74) is -1.02. The predicted molar refractivity (Wildman–Crippen MR) is 79.2 cm³/mol. The van der Waals surface area contributed by atoms with Gasteiger partial charge < -0.3 is 5.32 Å². The third kappa shape index (κ3) is 3.26. The zero-order valence-electron chi connectivity index (χ0n) is 12.3.